The Morgan fingerprint density at radius 1 is 1.36 bits per heavy atom. The van der Waals surface area contributed by atoms with E-state index in [1.165, 1.54) is 0 Å². The van der Waals surface area contributed by atoms with E-state index in [1.807, 2.05) is 26.8 Å². The first-order chi connectivity index (χ1) is 10.4. The SMILES string of the molecule is CC(C)(C)CN(CCC#N)C(=O)COc1ccccc1C=O. The van der Waals surface area contributed by atoms with Crippen molar-refractivity contribution in [3.05, 3.63) is 29.8 Å². The fraction of sp³-hybridized carbons (Fsp3) is 0.471. The number of nitrogens with zero attached hydrogens (tertiary/aromatic N) is 2. The first-order valence-corrected chi connectivity index (χ1v) is 7.19. The van der Waals surface area contributed by atoms with Gasteiger partial charge in [0.15, 0.2) is 12.9 Å². The molecular weight excluding hydrogens is 280 g/mol. The lowest BCUT2D eigenvalue weighted by molar-refractivity contribution is -0.134. The summed E-state index contributed by atoms with van der Waals surface area (Å²) >= 11 is 0. The van der Waals surface area contributed by atoms with E-state index >= 15 is 0 Å². The van der Waals surface area contributed by atoms with Gasteiger partial charge in [0.2, 0.25) is 0 Å². The molecule has 0 bridgehead atoms. The van der Waals surface area contributed by atoms with Crippen molar-refractivity contribution in [1.29, 1.82) is 5.26 Å². The molecule has 0 saturated carbocycles. The maximum absolute atomic E-state index is 12.3. The second kappa shape index (κ2) is 8.18. The molecule has 118 valence electrons. The third kappa shape index (κ3) is 5.96. The van der Waals surface area contributed by atoms with Crippen LogP contribution in [0.5, 0.6) is 5.75 Å². The van der Waals surface area contributed by atoms with Crippen LogP contribution in [0.3, 0.4) is 0 Å². The van der Waals surface area contributed by atoms with Crippen LogP contribution in [-0.2, 0) is 4.79 Å². The number of nitriles is 1. The van der Waals surface area contributed by atoms with Crippen LogP contribution >= 0.6 is 0 Å². The summed E-state index contributed by atoms with van der Waals surface area (Å²) in [6, 6.07) is 8.82. The zero-order chi connectivity index (χ0) is 16.6. The van der Waals surface area contributed by atoms with E-state index in [1.54, 1.807) is 29.2 Å². The van der Waals surface area contributed by atoms with Gasteiger partial charge in [-0.25, -0.2) is 0 Å². The third-order valence-electron chi connectivity index (χ3n) is 2.91. The molecule has 0 aliphatic carbocycles. The van der Waals surface area contributed by atoms with E-state index in [4.69, 9.17) is 10.00 Å². The Kier molecular flexibility index (Phi) is 6.58. The van der Waals surface area contributed by atoms with Gasteiger partial charge in [0.05, 0.1) is 18.1 Å². The number of rotatable bonds is 7. The van der Waals surface area contributed by atoms with Gasteiger partial charge in [-0.1, -0.05) is 32.9 Å². The van der Waals surface area contributed by atoms with Crippen LogP contribution < -0.4 is 4.74 Å². The lowest BCUT2D eigenvalue weighted by Crippen LogP contribution is -2.41. The molecule has 1 rings (SSSR count). The number of hydrogen-bond acceptors (Lipinski definition) is 4. The molecule has 0 radical (unpaired) electrons. The molecule has 1 amide bonds. The Labute approximate surface area is 131 Å². The van der Waals surface area contributed by atoms with Crippen LogP contribution in [0.1, 0.15) is 37.6 Å². The molecule has 5 heteroatoms. The lowest BCUT2D eigenvalue weighted by atomic mass is 9.96. The molecule has 0 spiro atoms. The van der Waals surface area contributed by atoms with Gasteiger partial charge in [0.25, 0.3) is 5.91 Å². The molecule has 1 aromatic carbocycles. The minimum Gasteiger partial charge on any atom is -0.483 e. The van der Waals surface area contributed by atoms with E-state index in [0.717, 1.165) is 0 Å². The Morgan fingerprint density at radius 3 is 2.64 bits per heavy atom. The predicted molar refractivity (Wildman–Crippen MR) is 83.6 cm³/mol. The highest BCUT2D eigenvalue weighted by Gasteiger charge is 2.21. The van der Waals surface area contributed by atoms with Crippen LogP contribution in [0.15, 0.2) is 24.3 Å². The minimum atomic E-state index is -0.189. The fourth-order valence-corrected chi connectivity index (χ4v) is 1.99. The van der Waals surface area contributed by atoms with Crippen molar-refractivity contribution in [2.45, 2.75) is 27.2 Å². The quantitative estimate of drug-likeness (QED) is 0.726. The zero-order valence-electron chi connectivity index (χ0n) is 13.3. The smallest absolute Gasteiger partial charge is 0.260 e. The highest BCUT2D eigenvalue weighted by molar-refractivity contribution is 5.80. The van der Waals surface area contributed by atoms with E-state index in [-0.39, 0.29) is 24.3 Å². The number of amides is 1. The molecule has 0 heterocycles. The Balaban J connectivity index is 2.70. The highest BCUT2D eigenvalue weighted by atomic mass is 16.5. The van der Waals surface area contributed by atoms with Gasteiger partial charge in [0, 0.05) is 13.1 Å². The summed E-state index contributed by atoms with van der Waals surface area (Å²) in [7, 11) is 0. The van der Waals surface area contributed by atoms with Crippen molar-refractivity contribution >= 4 is 12.2 Å². The molecule has 0 saturated heterocycles. The van der Waals surface area contributed by atoms with Gasteiger partial charge in [-0.05, 0) is 17.5 Å². The number of para-hydroxylation sites is 1. The summed E-state index contributed by atoms with van der Waals surface area (Å²) in [6.45, 7) is 6.87. The van der Waals surface area contributed by atoms with E-state index in [9.17, 15) is 9.59 Å². The summed E-state index contributed by atoms with van der Waals surface area (Å²) in [6.07, 6.45) is 0.981. The predicted octanol–water partition coefficient (Wildman–Crippen LogP) is 2.67. The van der Waals surface area contributed by atoms with E-state index in [0.29, 0.717) is 30.7 Å². The summed E-state index contributed by atoms with van der Waals surface area (Å²) in [4.78, 5) is 24.9. The number of ether oxygens (including phenoxy) is 1. The third-order valence-corrected chi connectivity index (χ3v) is 2.91. The van der Waals surface area contributed by atoms with Gasteiger partial charge in [-0.2, -0.15) is 5.26 Å². The van der Waals surface area contributed by atoms with Gasteiger partial charge in [0.1, 0.15) is 5.75 Å². The molecule has 0 N–H and O–H groups in total. The molecule has 0 unspecified atom stereocenters. The standard InChI is InChI=1S/C17H22N2O3/c1-17(2,3)13-19(10-6-9-18)16(21)12-22-15-8-5-4-7-14(15)11-20/h4-5,7-8,11H,6,10,12-13H2,1-3H3. The second-order valence-electron chi connectivity index (χ2n) is 6.23. The molecule has 0 fully saturated rings. The van der Waals surface area contributed by atoms with Crippen LogP contribution in [0.2, 0.25) is 0 Å². The maximum atomic E-state index is 12.3. The lowest BCUT2D eigenvalue weighted by Gasteiger charge is -2.29. The molecule has 0 aromatic heterocycles. The van der Waals surface area contributed by atoms with Crippen LogP contribution in [0.4, 0.5) is 0 Å². The minimum absolute atomic E-state index is 0.0637. The number of carbonyl (C=O) groups excluding carboxylic acids is 2. The zero-order valence-corrected chi connectivity index (χ0v) is 13.3. The number of aldehydes is 1. The average Bonchev–Trinajstić information content (AvgIpc) is 2.48. The van der Waals surface area contributed by atoms with Crippen LogP contribution in [-0.4, -0.2) is 36.8 Å². The first kappa shape index (κ1) is 17.7. The first-order valence-electron chi connectivity index (χ1n) is 7.19. The van der Waals surface area contributed by atoms with Crippen molar-refractivity contribution in [2.75, 3.05) is 19.7 Å². The topological polar surface area (TPSA) is 70.4 Å². The Bertz CT molecular complexity index is 556. The summed E-state index contributed by atoms with van der Waals surface area (Å²) in [5.41, 5.74) is 0.348. The summed E-state index contributed by atoms with van der Waals surface area (Å²) in [5.74, 6) is 0.202. The Morgan fingerprint density at radius 2 is 2.05 bits per heavy atom. The van der Waals surface area contributed by atoms with Crippen LogP contribution in [0, 0.1) is 16.7 Å². The van der Waals surface area contributed by atoms with Gasteiger partial charge in [-0.15, -0.1) is 0 Å². The van der Waals surface area contributed by atoms with Crippen molar-refractivity contribution < 1.29 is 14.3 Å². The van der Waals surface area contributed by atoms with Gasteiger partial charge in [-0.3, -0.25) is 9.59 Å². The molecule has 0 aliphatic heterocycles. The number of carbonyl (C=O) groups is 2. The molecule has 0 atom stereocenters. The van der Waals surface area contributed by atoms with Crippen molar-refractivity contribution in [3.63, 3.8) is 0 Å². The largest absolute Gasteiger partial charge is 0.483 e. The monoisotopic (exact) mass is 302 g/mol. The second-order valence-corrected chi connectivity index (χ2v) is 6.23. The average molecular weight is 302 g/mol. The van der Waals surface area contributed by atoms with Crippen molar-refractivity contribution in [3.8, 4) is 11.8 Å². The van der Waals surface area contributed by atoms with Gasteiger partial charge < -0.3 is 9.64 Å². The maximum Gasteiger partial charge on any atom is 0.260 e. The molecule has 22 heavy (non-hydrogen) atoms. The van der Waals surface area contributed by atoms with Crippen molar-refractivity contribution in [2.24, 2.45) is 5.41 Å². The van der Waals surface area contributed by atoms with Crippen molar-refractivity contribution in [1.82, 2.24) is 4.90 Å². The Hall–Kier alpha value is -2.35. The number of hydrogen-bond donors (Lipinski definition) is 0. The summed E-state index contributed by atoms with van der Waals surface area (Å²) < 4.78 is 5.46. The van der Waals surface area contributed by atoms with E-state index < -0.39 is 0 Å². The fourth-order valence-electron chi connectivity index (χ4n) is 1.99. The molecule has 1 aromatic rings. The normalized spacial score (nSPS) is 10.6. The van der Waals surface area contributed by atoms with E-state index in [2.05, 4.69) is 0 Å². The number of benzene rings is 1. The molecule has 5 nitrogen and oxygen atoms in total. The molecule has 0 aliphatic rings. The van der Waals surface area contributed by atoms with Crippen LogP contribution in [0.25, 0.3) is 0 Å². The highest BCUT2D eigenvalue weighted by Crippen LogP contribution is 2.18. The van der Waals surface area contributed by atoms with Gasteiger partial charge >= 0.3 is 0 Å². The summed E-state index contributed by atoms with van der Waals surface area (Å²) in [5, 5.41) is 8.71. The molecular formula is C17H22N2O3.